The van der Waals surface area contributed by atoms with Crippen LogP contribution in [0.5, 0.6) is 11.5 Å². The molecule has 0 heterocycles. The SMILES string of the molecule is COc1ccc(/C=C(/NC(C)=O)C(=O)Nc2cccc(CCC(=O)N(C)C)c2)cc1OC. The van der Waals surface area contributed by atoms with Crippen LogP contribution in [0.3, 0.4) is 0 Å². The zero-order valence-corrected chi connectivity index (χ0v) is 19.0. The molecule has 0 aliphatic rings. The number of anilines is 1. The maximum Gasteiger partial charge on any atom is 0.272 e. The summed E-state index contributed by atoms with van der Waals surface area (Å²) in [5.74, 6) is 0.244. The molecule has 0 bridgehead atoms. The first-order valence-corrected chi connectivity index (χ1v) is 10.0. The van der Waals surface area contributed by atoms with Crippen molar-refractivity contribution in [2.24, 2.45) is 0 Å². The van der Waals surface area contributed by atoms with Crippen molar-refractivity contribution in [3.63, 3.8) is 0 Å². The Morgan fingerprint density at radius 3 is 2.34 bits per heavy atom. The molecule has 0 saturated heterocycles. The summed E-state index contributed by atoms with van der Waals surface area (Å²) < 4.78 is 10.5. The van der Waals surface area contributed by atoms with E-state index < -0.39 is 5.91 Å². The number of nitrogens with zero attached hydrogens (tertiary/aromatic N) is 1. The minimum Gasteiger partial charge on any atom is -0.493 e. The third-order valence-corrected chi connectivity index (χ3v) is 4.59. The Kier molecular flexibility index (Phi) is 8.83. The Balaban J connectivity index is 2.22. The summed E-state index contributed by atoms with van der Waals surface area (Å²) in [6.07, 6.45) is 2.49. The lowest BCUT2D eigenvalue weighted by molar-refractivity contribution is -0.128. The number of aryl methyl sites for hydroxylation is 1. The van der Waals surface area contributed by atoms with E-state index in [1.54, 1.807) is 55.4 Å². The fraction of sp³-hybridized carbons (Fsp3) is 0.292. The minimum absolute atomic E-state index is 0.0326. The predicted molar refractivity (Wildman–Crippen MR) is 123 cm³/mol. The summed E-state index contributed by atoms with van der Waals surface area (Å²) in [6.45, 7) is 1.33. The fourth-order valence-electron chi connectivity index (χ4n) is 2.94. The molecule has 8 heteroatoms. The van der Waals surface area contributed by atoms with E-state index in [-0.39, 0.29) is 17.5 Å². The third kappa shape index (κ3) is 7.16. The molecular formula is C24H29N3O5. The van der Waals surface area contributed by atoms with Crippen molar-refractivity contribution in [3.8, 4) is 11.5 Å². The number of nitrogens with one attached hydrogen (secondary N) is 2. The topological polar surface area (TPSA) is 97.0 Å². The van der Waals surface area contributed by atoms with Gasteiger partial charge < -0.3 is 25.0 Å². The van der Waals surface area contributed by atoms with Crippen molar-refractivity contribution < 1.29 is 23.9 Å². The lowest BCUT2D eigenvalue weighted by atomic mass is 10.1. The molecule has 0 atom stereocenters. The zero-order valence-electron chi connectivity index (χ0n) is 19.0. The Hall–Kier alpha value is -3.81. The molecule has 2 rings (SSSR count). The van der Waals surface area contributed by atoms with Crippen LogP contribution in [0.1, 0.15) is 24.5 Å². The quantitative estimate of drug-likeness (QED) is 0.586. The number of benzene rings is 2. The second kappa shape index (κ2) is 11.5. The summed E-state index contributed by atoms with van der Waals surface area (Å²) >= 11 is 0. The summed E-state index contributed by atoms with van der Waals surface area (Å²) in [4.78, 5) is 37.9. The van der Waals surface area contributed by atoms with Gasteiger partial charge in [-0.2, -0.15) is 0 Å². The highest BCUT2D eigenvalue weighted by atomic mass is 16.5. The first-order valence-electron chi connectivity index (χ1n) is 10.0. The highest BCUT2D eigenvalue weighted by molar-refractivity contribution is 6.08. The number of methoxy groups -OCH3 is 2. The molecule has 2 N–H and O–H groups in total. The molecule has 0 aromatic heterocycles. The number of hydrogen-bond donors (Lipinski definition) is 2. The lowest BCUT2D eigenvalue weighted by Gasteiger charge is -2.13. The van der Waals surface area contributed by atoms with Crippen molar-refractivity contribution in [2.75, 3.05) is 33.6 Å². The maximum atomic E-state index is 12.9. The Labute approximate surface area is 188 Å². The molecule has 170 valence electrons. The molecule has 0 aliphatic heterocycles. The van der Waals surface area contributed by atoms with Crippen LogP contribution >= 0.6 is 0 Å². The number of ether oxygens (including phenoxy) is 2. The number of amides is 3. The van der Waals surface area contributed by atoms with Gasteiger partial charge in [-0.1, -0.05) is 18.2 Å². The van der Waals surface area contributed by atoms with Crippen molar-refractivity contribution in [1.82, 2.24) is 10.2 Å². The van der Waals surface area contributed by atoms with Crippen molar-refractivity contribution in [2.45, 2.75) is 19.8 Å². The van der Waals surface area contributed by atoms with Crippen molar-refractivity contribution >= 4 is 29.5 Å². The van der Waals surface area contributed by atoms with Crippen molar-refractivity contribution in [3.05, 3.63) is 59.3 Å². The first kappa shape index (κ1) is 24.5. The van der Waals surface area contributed by atoms with Gasteiger partial charge in [-0.05, 0) is 47.9 Å². The molecule has 8 nitrogen and oxygen atoms in total. The first-order chi connectivity index (χ1) is 15.2. The van der Waals surface area contributed by atoms with Crippen LogP contribution in [0.15, 0.2) is 48.2 Å². The zero-order chi connectivity index (χ0) is 23.7. The van der Waals surface area contributed by atoms with Gasteiger partial charge in [-0.3, -0.25) is 14.4 Å². The van der Waals surface area contributed by atoms with Gasteiger partial charge in [0.15, 0.2) is 11.5 Å². The molecular weight excluding hydrogens is 410 g/mol. The van der Waals surface area contributed by atoms with Crippen LogP contribution in [0.2, 0.25) is 0 Å². The summed E-state index contributed by atoms with van der Waals surface area (Å²) in [6, 6.07) is 12.4. The van der Waals surface area contributed by atoms with E-state index in [4.69, 9.17) is 9.47 Å². The largest absolute Gasteiger partial charge is 0.493 e. The van der Waals surface area contributed by atoms with E-state index in [1.165, 1.54) is 21.1 Å². The van der Waals surface area contributed by atoms with E-state index >= 15 is 0 Å². The normalized spacial score (nSPS) is 10.8. The van der Waals surface area contributed by atoms with Crippen LogP contribution in [0, 0.1) is 0 Å². The lowest BCUT2D eigenvalue weighted by Crippen LogP contribution is -2.29. The summed E-state index contributed by atoms with van der Waals surface area (Å²) in [5.41, 5.74) is 2.21. The van der Waals surface area contributed by atoms with Gasteiger partial charge in [-0.25, -0.2) is 0 Å². The number of carbonyl (C=O) groups is 3. The van der Waals surface area contributed by atoms with Crippen LogP contribution in [-0.4, -0.2) is 50.9 Å². The van der Waals surface area contributed by atoms with Crippen molar-refractivity contribution in [1.29, 1.82) is 0 Å². The summed E-state index contributed by atoms with van der Waals surface area (Å²) in [7, 11) is 6.49. The van der Waals surface area contributed by atoms with Gasteiger partial charge in [0.2, 0.25) is 11.8 Å². The van der Waals surface area contributed by atoms with Crippen LogP contribution in [0.4, 0.5) is 5.69 Å². The van der Waals surface area contributed by atoms with Crippen LogP contribution < -0.4 is 20.1 Å². The standard InChI is InChI=1S/C24H29N3O5/c1-16(28)25-20(14-18-9-11-21(31-4)22(15-18)32-5)24(30)26-19-8-6-7-17(13-19)10-12-23(29)27(2)3/h6-9,11,13-15H,10,12H2,1-5H3,(H,25,28)(H,26,30)/b20-14+. The molecule has 2 aromatic carbocycles. The van der Waals surface area contributed by atoms with Gasteiger partial charge >= 0.3 is 0 Å². The molecule has 0 fully saturated rings. The highest BCUT2D eigenvalue weighted by Gasteiger charge is 2.13. The van der Waals surface area contributed by atoms with Crippen LogP contribution in [0.25, 0.3) is 6.08 Å². The molecule has 0 spiro atoms. The molecule has 32 heavy (non-hydrogen) atoms. The van der Waals surface area contributed by atoms with E-state index in [2.05, 4.69) is 10.6 Å². The molecule has 0 aliphatic carbocycles. The predicted octanol–water partition coefficient (Wildman–Crippen LogP) is 2.84. The molecule has 2 aromatic rings. The Bertz CT molecular complexity index is 1010. The van der Waals surface area contributed by atoms with Gasteiger partial charge in [-0.15, -0.1) is 0 Å². The molecule has 0 radical (unpaired) electrons. The summed E-state index contributed by atoms with van der Waals surface area (Å²) in [5, 5.41) is 5.37. The average Bonchev–Trinajstić information content (AvgIpc) is 2.76. The van der Waals surface area contributed by atoms with Gasteiger partial charge in [0, 0.05) is 33.1 Å². The molecule has 0 saturated carbocycles. The van der Waals surface area contributed by atoms with Gasteiger partial charge in [0.25, 0.3) is 5.91 Å². The second-order valence-electron chi connectivity index (χ2n) is 7.30. The smallest absolute Gasteiger partial charge is 0.272 e. The Morgan fingerprint density at radius 1 is 1.00 bits per heavy atom. The monoisotopic (exact) mass is 439 g/mol. The Morgan fingerprint density at radius 2 is 1.72 bits per heavy atom. The highest BCUT2D eigenvalue weighted by Crippen LogP contribution is 2.28. The van der Waals surface area contributed by atoms with Gasteiger partial charge in [0.1, 0.15) is 5.70 Å². The van der Waals surface area contributed by atoms with Gasteiger partial charge in [0.05, 0.1) is 14.2 Å². The van der Waals surface area contributed by atoms with E-state index in [1.807, 2.05) is 12.1 Å². The number of rotatable bonds is 9. The third-order valence-electron chi connectivity index (χ3n) is 4.59. The van der Waals surface area contributed by atoms with Crippen LogP contribution in [-0.2, 0) is 20.8 Å². The fourth-order valence-corrected chi connectivity index (χ4v) is 2.94. The maximum absolute atomic E-state index is 12.9. The number of hydrogen-bond acceptors (Lipinski definition) is 5. The minimum atomic E-state index is -0.475. The van der Waals surface area contributed by atoms with E-state index in [0.717, 1.165) is 5.56 Å². The second-order valence-corrected chi connectivity index (χ2v) is 7.30. The molecule has 3 amide bonds. The van der Waals surface area contributed by atoms with E-state index in [9.17, 15) is 14.4 Å². The molecule has 0 unspecified atom stereocenters. The number of carbonyl (C=O) groups excluding carboxylic acids is 3. The average molecular weight is 440 g/mol. The van der Waals surface area contributed by atoms with E-state index in [0.29, 0.717) is 35.6 Å².